The van der Waals surface area contributed by atoms with Gasteiger partial charge in [-0.2, -0.15) is 0 Å². The van der Waals surface area contributed by atoms with Crippen LogP contribution in [-0.2, 0) is 6.54 Å². The minimum Gasteiger partial charge on any atom is -0.455 e. The lowest BCUT2D eigenvalue weighted by Gasteiger charge is -2.10. The average molecular weight is 301 g/mol. The summed E-state index contributed by atoms with van der Waals surface area (Å²) in [5, 5.41) is 1.12. The van der Waals surface area contributed by atoms with Gasteiger partial charge >= 0.3 is 0 Å². The maximum absolute atomic E-state index is 12.8. The molecule has 0 N–H and O–H groups in total. The molecule has 2 heterocycles. The molecule has 0 aliphatic carbocycles. The second kappa shape index (κ2) is 4.85. The SMILES string of the molecule is C#CCn1c(=O)c2c(=O)c3ccccc3oc2c2ccccc21. The fourth-order valence-electron chi connectivity index (χ4n) is 2.92. The molecule has 4 heteroatoms. The van der Waals surface area contributed by atoms with Gasteiger partial charge in [0.15, 0.2) is 5.58 Å². The molecule has 4 nitrogen and oxygen atoms in total. The molecule has 4 rings (SSSR count). The van der Waals surface area contributed by atoms with Gasteiger partial charge in [0.1, 0.15) is 11.0 Å². The molecule has 0 amide bonds. The number of aromatic nitrogens is 1. The van der Waals surface area contributed by atoms with Crippen LogP contribution in [0.1, 0.15) is 0 Å². The van der Waals surface area contributed by atoms with Crippen LogP contribution in [0, 0.1) is 12.3 Å². The third-order valence-electron chi connectivity index (χ3n) is 3.95. The quantitative estimate of drug-likeness (QED) is 0.308. The topological polar surface area (TPSA) is 52.2 Å². The van der Waals surface area contributed by atoms with E-state index in [1.54, 1.807) is 30.3 Å². The van der Waals surface area contributed by atoms with E-state index >= 15 is 0 Å². The fourth-order valence-corrected chi connectivity index (χ4v) is 2.92. The molecular weight excluding hydrogens is 290 g/mol. The third kappa shape index (κ3) is 1.80. The Hall–Kier alpha value is -3.32. The molecule has 0 atom stereocenters. The number of hydrogen-bond donors (Lipinski definition) is 0. The monoisotopic (exact) mass is 301 g/mol. The highest BCUT2D eigenvalue weighted by molar-refractivity contribution is 6.04. The molecule has 23 heavy (non-hydrogen) atoms. The van der Waals surface area contributed by atoms with Gasteiger partial charge in [-0.3, -0.25) is 14.2 Å². The van der Waals surface area contributed by atoms with Crippen molar-refractivity contribution in [2.75, 3.05) is 0 Å². The smallest absolute Gasteiger partial charge is 0.266 e. The van der Waals surface area contributed by atoms with Crippen LogP contribution < -0.4 is 11.0 Å². The molecule has 0 unspecified atom stereocenters. The zero-order chi connectivity index (χ0) is 16.0. The predicted molar refractivity (Wildman–Crippen MR) is 90.6 cm³/mol. The first kappa shape index (κ1) is 13.4. The number of nitrogens with zero attached hydrogens (tertiary/aromatic N) is 1. The highest BCUT2D eigenvalue weighted by atomic mass is 16.3. The maximum Gasteiger partial charge on any atom is 0.266 e. The molecule has 2 aromatic carbocycles. The largest absolute Gasteiger partial charge is 0.455 e. The summed E-state index contributed by atoms with van der Waals surface area (Å²) >= 11 is 0. The number of rotatable bonds is 1. The molecule has 4 aromatic rings. The fraction of sp³-hybridized carbons (Fsp3) is 0.0526. The molecule has 0 radical (unpaired) electrons. The Morgan fingerprint density at radius 1 is 1.00 bits per heavy atom. The second-order valence-electron chi connectivity index (χ2n) is 5.24. The lowest BCUT2D eigenvalue weighted by Crippen LogP contribution is -2.25. The van der Waals surface area contributed by atoms with E-state index in [1.807, 2.05) is 18.2 Å². The standard InChI is InChI=1S/C19H11NO3/c1-2-11-20-14-9-5-3-7-12(14)18-16(19(20)22)17(21)13-8-4-6-10-15(13)23-18/h1,3-10H,11H2. The normalized spacial score (nSPS) is 11.1. The first-order valence-corrected chi connectivity index (χ1v) is 7.13. The molecule has 0 bridgehead atoms. The molecule has 0 saturated heterocycles. The van der Waals surface area contributed by atoms with Crippen molar-refractivity contribution in [3.05, 3.63) is 69.1 Å². The molecule has 0 spiro atoms. The summed E-state index contributed by atoms with van der Waals surface area (Å²) in [7, 11) is 0. The van der Waals surface area contributed by atoms with Gasteiger partial charge in [0.2, 0.25) is 5.43 Å². The van der Waals surface area contributed by atoms with Gasteiger partial charge in [-0.05, 0) is 24.3 Å². The van der Waals surface area contributed by atoms with Gasteiger partial charge in [-0.15, -0.1) is 6.42 Å². The average Bonchev–Trinajstić information content (AvgIpc) is 2.58. The Labute approximate surface area is 130 Å². The van der Waals surface area contributed by atoms with E-state index in [0.717, 1.165) is 0 Å². The summed E-state index contributed by atoms with van der Waals surface area (Å²) in [6, 6.07) is 14.2. The van der Waals surface area contributed by atoms with Crippen LogP contribution in [0.2, 0.25) is 0 Å². The summed E-state index contributed by atoms with van der Waals surface area (Å²) in [5.74, 6) is 2.47. The molecule has 0 fully saturated rings. The summed E-state index contributed by atoms with van der Waals surface area (Å²) in [6.45, 7) is 0.0988. The summed E-state index contributed by atoms with van der Waals surface area (Å²) in [5.41, 5.74) is 0.674. The Balaban J connectivity index is 2.39. The van der Waals surface area contributed by atoms with Crippen molar-refractivity contribution in [3.8, 4) is 12.3 Å². The zero-order valence-electron chi connectivity index (χ0n) is 12.1. The molecular formula is C19H11NO3. The van der Waals surface area contributed by atoms with Gasteiger partial charge in [-0.25, -0.2) is 0 Å². The number of pyridine rings is 1. The summed E-state index contributed by atoms with van der Waals surface area (Å²) in [4.78, 5) is 25.6. The molecule has 0 aliphatic heterocycles. The van der Waals surface area contributed by atoms with E-state index in [4.69, 9.17) is 10.8 Å². The van der Waals surface area contributed by atoms with E-state index in [-0.39, 0.29) is 17.4 Å². The summed E-state index contributed by atoms with van der Waals surface area (Å²) < 4.78 is 7.32. The lowest BCUT2D eigenvalue weighted by molar-refractivity contribution is 0.661. The minimum absolute atomic E-state index is 0.0395. The zero-order valence-corrected chi connectivity index (χ0v) is 12.1. The van der Waals surface area contributed by atoms with Crippen molar-refractivity contribution in [2.24, 2.45) is 0 Å². The van der Waals surface area contributed by atoms with Crippen LogP contribution in [-0.4, -0.2) is 4.57 Å². The van der Waals surface area contributed by atoms with Crippen molar-refractivity contribution >= 4 is 32.8 Å². The van der Waals surface area contributed by atoms with Crippen molar-refractivity contribution in [1.29, 1.82) is 0 Å². The van der Waals surface area contributed by atoms with E-state index in [2.05, 4.69) is 5.92 Å². The van der Waals surface area contributed by atoms with Gasteiger partial charge in [0, 0.05) is 5.39 Å². The second-order valence-corrected chi connectivity index (χ2v) is 5.24. The van der Waals surface area contributed by atoms with E-state index in [1.165, 1.54) is 4.57 Å². The van der Waals surface area contributed by atoms with Crippen LogP contribution in [0.3, 0.4) is 0 Å². The van der Waals surface area contributed by atoms with Crippen LogP contribution in [0.15, 0.2) is 62.5 Å². The number of para-hydroxylation sites is 2. The van der Waals surface area contributed by atoms with Crippen LogP contribution >= 0.6 is 0 Å². The van der Waals surface area contributed by atoms with E-state index in [0.29, 0.717) is 27.5 Å². The highest BCUT2D eigenvalue weighted by Crippen LogP contribution is 2.24. The summed E-state index contributed by atoms with van der Waals surface area (Å²) in [6.07, 6.45) is 5.38. The first-order chi connectivity index (χ1) is 11.2. The molecule has 2 aromatic heterocycles. The minimum atomic E-state index is -0.420. The van der Waals surface area contributed by atoms with E-state index < -0.39 is 5.56 Å². The first-order valence-electron chi connectivity index (χ1n) is 7.13. The van der Waals surface area contributed by atoms with E-state index in [9.17, 15) is 9.59 Å². The number of benzene rings is 2. The van der Waals surface area contributed by atoms with Gasteiger partial charge in [0.25, 0.3) is 5.56 Å². The van der Waals surface area contributed by atoms with Crippen molar-refractivity contribution in [2.45, 2.75) is 6.54 Å². The van der Waals surface area contributed by atoms with Crippen molar-refractivity contribution < 1.29 is 4.42 Å². The lowest BCUT2D eigenvalue weighted by atomic mass is 10.1. The van der Waals surface area contributed by atoms with Gasteiger partial charge in [0.05, 0.1) is 17.4 Å². The Bertz CT molecular complexity index is 1240. The number of terminal acetylenes is 1. The third-order valence-corrected chi connectivity index (χ3v) is 3.95. The van der Waals surface area contributed by atoms with Crippen LogP contribution in [0.5, 0.6) is 0 Å². The predicted octanol–water partition coefficient (Wildman–Crippen LogP) is 2.89. The molecule has 110 valence electrons. The van der Waals surface area contributed by atoms with Gasteiger partial charge < -0.3 is 4.42 Å². The Morgan fingerprint density at radius 2 is 1.70 bits per heavy atom. The van der Waals surface area contributed by atoms with Crippen LogP contribution in [0.25, 0.3) is 32.8 Å². The molecule has 0 saturated carbocycles. The number of fused-ring (bicyclic) bond motifs is 4. The molecule has 0 aliphatic rings. The highest BCUT2D eigenvalue weighted by Gasteiger charge is 2.17. The maximum atomic E-state index is 12.8. The van der Waals surface area contributed by atoms with Crippen molar-refractivity contribution in [1.82, 2.24) is 4.57 Å². The Kier molecular flexibility index (Phi) is 2.82. The van der Waals surface area contributed by atoms with Crippen molar-refractivity contribution in [3.63, 3.8) is 0 Å². The van der Waals surface area contributed by atoms with Crippen LogP contribution in [0.4, 0.5) is 0 Å². The Morgan fingerprint density at radius 3 is 2.48 bits per heavy atom. The van der Waals surface area contributed by atoms with Gasteiger partial charge in [-0.1, -0.05) is 30.2 Å². The number of hydrogen-bond acceptors (Lipinski definition) is 3.